The summed E-state index contributed by atoms with van der Waals surface area (Å²) in [7, 11) is -4.75. The first-order valence-corrected chi connectivity index (χ1v) is 33.7. The van der Waals surface area contributed by atoms with Crippen LogP contribution in [0.5, 0.6) is 0 Å². The zero-order valence-corrected chi connectivity index (χ0v) is 50.6. The van der Waals surface area contributed by atoms with Crippen LogP contribution in [0.2, 0.25) is 0 Å². The molecule has 3 atom stereocenters. The molecule has 0 rings (SSSR count). The highest BCUT2D eigenvalue weighted by Crippen LogP contribution is 2.43. The molecule has 0 aromatic carbocycles. The molecule has 11 nitrogen and oxygen atoms in total. The molecule has 0 aliphatic carbocycles. The average Bonchev–Trinajstić information content (AvgIpc) is 3.41. The Morgan fingerprint density at radius 2 is 0.605 bits per heavy atom. The largest absolute Gasteiger partial charge is 0.472 e. The predicted molar refractivity (Wildman–Crippen MR) is 316 cm³/mol. The van der Waals surface area contributed by atoms with E-state index >= 15 is 0 Å². The second kappa shape index (κ2) is 59.1. The van der Waals surface area contributed by atoms with Crippen molar-refractivity contribution in [2.24, 2.45) is 0 Å². The first-order chi connectivity index (χ1) is 37.2. The second-order valence-corrected chi connectivity index (χ2v) is 23.4. The molecule has 3 unspecified atom stereocenters. The third-order valence-corrected chi connectivity index (χ3v) is 15.3. The van der Waals surface area contributed by atoms with Crippen molar-refractivity contribution in [1.29, 1.82) is 0 Å². The van der Waals surface area contributed by atoms with E-state index in [2.05, 4.69) is 45.1 Å². The van der Waals surface area contributed by atoms with Gasteiger partial charge in [0.25, 0.3) is 0 Å². The van der Waals surface area contributed by atoms with Gasteiger partial charge in [-0.25, -0.2) is 4.57 Å². The van der Waals surface area contributed by atoms with E-state index in [-0.39, 0.29) is 25.9 Å². The lowest BCUT2D eigenvalue weighted by Crippen LogP contribution is -2.30. The number of aliphatic hydroxyl groups excluding tert-OH is 1. The Hall–Kier alpha value is -2.04. The van der Waals surface area contributed by atoms with Crippen LogP contribution in [0.15, 0.2) is 24.3 Å². The number of rotatable bonds is 61. The van der Waals surface area contributed by atoms with Crippen LogP contribution in [0.3, 0.4) is 0 Å². The van der Waals surface area contributed by atoms with Gasteiger partial charge < -0.3 is 24.2 Å². The second-order valence-electron chi connectivity index (χ2n) is 21.9. The van der Waals surface area contributed by atoms with Crippen LogP contribution in [0, 0.1) is 0 Å². The molecule has 0 radical (unpaired) electrons. The van der Waals surface area contributed by atoms with Gasteiger partial charge in [0.2, 0.25) is 0 Å². The highest BCUT2D eigenvalue weighted by molar-refractivity contribution is 7.47. The average molecular weight is 1100 g/mol. The fourth-order valence-electron chi connectivity index (χ4n) is 9.41. The summed E-state index contributed by atoms with van der Waals surface area (Å²) in [5.41, 5.74) is 0. The van der Waals surface area contributed by atoms with Gasteiger partial charge in [-0.15, -0.1) is 0 Å². The van der Waals surface area contributed by atoms with Crippen LogP contribution >= 0.6 is 7.82 Å². The molecule has 0 saturated heterocycles. The standard InChI is InChI=1S/C64H121O11P/c1-4-7-10-13-16-19-22-25-28-29-30-31-34-37-40-43-46-49-52-55-64(68)75-61(57-71-62(66)53-50-47-44-41-38-35-32-26-23-20-17-14-11-8-5-2)59-73-76(69,70)72-58-60(56-65)74-63(67)54-51-48-45-42-39-36-33-27-24-21-18-15-12-9-6-3/h26-27,32-33,60-61,65H,4-25,28-31,34-59H2,1-3H3,(H,69,70)/b32-26-,33-27-. The van der Waals surface area contributed by atoms with Gasteiger partial charge in [-0.2, -0.15) is 0 Å². The molecule has 0 bridgehead atoms. The molecule has 448 valence electrons. The summed E-state index contributed by atoms with van der Waals surface area (Å²) >= 11 is 0. The molecular weight excluding hydrogens is 976 g/mol. The van der Waals surface area contributed by atoms with E-state index in [1.54, 1.807) is 0 Å². The fourth-order valence-corrected chi connectivity index (χ4v) is 10.2. The summed E-state index contributed by atoms with van der Waals surface area (Å²) in [6, 6.07) is 0. The van der Waals surface area contributed by atoms with Crippen molar-refractivity contribution >= 4 is 25.7 Å². The van der Waals surface area contributed by atoms with E-state index in [9.17, 15) is 28.9 Å². The summed E-state index contributed by atoms with van der Waals surface area (Å²) < 4.78 is 39.7. The molecule has 76 heavy (non-hydrogen) atoms. The van der Waals surface area contributed by atoms with Gasteiger partial charge >= 0.3 is 25.7 Å². The topological polar surface area (TPSA) is 155 Å². The van der Waals surface area contributed by atoms with Gasteiger partial charge in [0.05, 0.1) is 19.8 Å². The Morgan fingerprint density at radius 3 is 0.908 bits per heavy atom. The maximum Gasteiger partial charge on any atom is 0.472 e. The molecule has 0 aromatic heterocycles. The van der Waals surface area contributed by atoms with E-state index in [1.165, 1.54) is 173 Å². The Labute approximate surface area is 468 Å². The van der Waals surface area contributed by atoms with Gasteiger partial charge in [0.15, 0.2) is 6.10 Å². The Kier molecular flexibility index (Phi) is 57.5. The highest BCUT2D eigenvalue weighted by atomic mass is 31.2. The van der Waals surface area contributed by atoms with Gasteiger partial charge in [-0.05, 0) is 70.6 Å². The molecule has 0 aliphatic rings. The van der Waals surface area contributed by atoms with Crippen molar-refractivity contribution < 1.29 is 52.2 Å². The van der Waals surface area contributed by atoms with Crippen molar-refractivity contribution in [3.05, 3.63) is 24.3 Å². The minimum Gasteiger partial charge on any atom is -0.462 e. The van der Waals surface area contributed by atoms with Crippen molar-refractivity contribution in [2.45, 2.75) is 341 Å². The maximum atomic E-state index is 12.9. The van der Waals surface area contributed by atoms with Crippen LogP contribution in [0.1, 0.15) is 329 Å². The molecule has 0 spiro atoms. The molecule has 2 N–H and O–H groups in total. The summed E-state index contributed by atoms with van der Waals surface area (Å²) in [6.07, 6.45) is 61.3. The minimum atomic E-state index is -4.75. The van der Waals surface area contributed by atoms with E-state index in [0.29, 0.717) is 19.3 Å². The lowest BCUT2D eigenvalue weighted by molar-refractivity contribution is -0.161. The Balaban J connectivity index is 4.66. The lowest BCUT2D eigenvalue weighted by Gasteiger charge is -2.21. The van der Waals surface area contributed by atoms with Crippen LogP contribution in [0.4, 0.5) is 0 Å². The van der Waals surface area contributed by atoms with Gasteiger partial charge in [-0.3, -0.25) is 23.4 Å². The van der Waals surface area contributed by atoms with Crippen LogP contribution < -0.4 is 0 Å². The first-order valence-electron chi connectivity index (χ1n) is 32.2. The summed E-state index contributed by atoms with van der Waals surface area (Å²) in [4.78, 5) is 48.7. The third-order valence-electron chi connectivity index (χ3n) is 14.3. The predicted octanol–water partition coefficient (Wildman–Crippen LogP) is 19.4. The molecule has 0 heterocycles. The van der Waals surface area contributed by atoms with Crippen LogP contribution in [-0.2, 0) is 42.2 Å². The molecular formula is C64H121O11P. The van der Waals surface area contributed by atoms with Crippen LogP contribution in [0.25, 0.3) is 0 Å². The number of hydrogen-bond acceptors (Lipinski definition) is 10. The number of allylic oxidation sites excluding steroid dienone is 4. The zero-order valence-electron chi connectivity index (χ0n) is 49.7. The molecule has 0 aromatic rings. The van der Waals surface area contributed by atoms with E-state index in [4.69, 9.17) is 23.3 Å². The number of unbranched alkanes of at least 4 members (excludes halogenated alkanes) is 40. The quantitative estimate of drug-likeness (QED) is 0.0197. The highest BCUT2D eigenvalue weighted by Gasteiger charge is 2.28. The maximum absolute atomic E-state index is 12.9. The fraction of sp³-hybridized carbons (Fsp3) is 0.891. The summed E-state index contributed by atoms with van der Waals surface area (Å²) in [6.45, 7) is 4.69. The van der Waals surface area contributed by atoms with Gasteiger partial charge in [0, 0.05) is 19.3 Å². The van der Waals surface area contributed by atoms with E-state index in [1.807, 2.05) is 0 Å². The minimum absolute atomic E-state index is 0.171. The normalized spacial score (nSPS) is 13.4. The molecule has 0 fully saturated rings. The third kappa shape index (κ3) is 56.7. The number of esters is 3. The van der Waals surface area contributed by atoms with Crippen molar-refractivity contribution in [2.75, 3.05) is 26.4 Å². The number of phosphoric ester groups is 1. The number of phosphoric acid groups is 1. The van der Waals surface area contributed by atoms with E-state index < -0.39 is 57.8 Å². The van der Waals surface area contributed by atoms with Gasteiger partial charge in [0.1, 0.15) is 12.7 Å². The van der Waals surface area contributed by atoms with E-state index in [0.717, 1.165) is 96.3 Å². The SMILES string of the molecule is CCCCCCCC/C=C\CCCCCCCC(=O)OCC(COP(=O)(O)OCC(CO)OC(=O)CCCCCCC/C=C\CCCCCCCC)OC(=O)CCCCCCCCCCCCCCCCCCCCC. The molecule has 0 saturated carbocycles. The first kappa shape index (κ1) is 74.0. The zero-order chi connectivity index (χ0) is 55.5. The number of hydrogen-bond donors (Lipinski definition) is 2. The number of carbonyl (C=O) groups is 3. The Bertz CT molecular complexity index is 1370. The summed E-state index contributed by atoms with van der Waals surface area (Å²) in [5, 5.41) is 9.84. The number of carbonyl (C=O) groups excluding carboxylic acids is 3. The molecule has 12 heteroatoms. The van der Waals surface area contributed by atoms with Crippen molar-refractivity contribution in [3.8, 4) is 0 Å². The lowest BCUT2D eigenvalue weighted by atomic mass is 10.0. The summed E-state index contributed by atoms with van der Waals surface area (Å²) in [5.74, 6) is -1.45. The van der Waals surface area contributed by atoms with Crippen molar-refractivity contribution in [3.63, 3.8) is 0 Å². The van der Waals surface area contributed by atoms with Crippen molar-refractivity contribution in [1.82, 2.24) is 0 Å². The monoisotopic (exact) mass is 1100 g/mol. The van der Waals surface area contributed by atoms with Gasteiger partial charge in [-0.1, -0.05) is 263 Å². The van der Waals surface area contributed by atoms with Crippen LogP contribution in [-0.4, -0.2) is 66.5 Å². The molecule has 0 aliphatic heterocycles. The Morgan fingerprint density at radius 1 is 0.355 bits per heavy atom. The number of aliphatic hydroxyl groups is 1. The smallest absolute Gasteiger partial charge is 0.462 e. The molecule has 0 amide bonds. The number of ether oxygens (including phenoxy) is 3.